The van der Waals surface area contributed by atoms with Crippen LogP contribution in [0.2, 0.25) is 0 Å². The molecule has 9 heteroatoms. The van der Waals surface area contributed by atoms with Crippen molar-refractivity contribution in [2.45, 2.75) is 11.1 Å². The lowest BCUT2D eigenvalue weighted by Crippen LogP contribution is -2.33. The number of benzene rings is 1. The molecule has 0 spiro atoms. The molecule has 1 aromatic rings. The van der Waals surface area contributed by atoms with Gasteiger partial charge in [-0.25, -0.2) is 8.42 Å². The Morgan fingerprint density at radius 3 is 2.40 bits per heavy atom. The quantitative estimate of drug-likeness (QED) is 0.897. The van der Waals surface area contributed by atoms with Crippen molar-refractivity contribution in [2.24, 2.45) is 0 Å². The number of nitrogens with one attached hydrogen (secondary N) is 1. The van der Waals surface area contributed by atoms with Gasteiger partial charge in [-0.3, -0.25) is 0 Å². The van der Waals surface area contributed by atoms with E-state index in [4.69, 9.17) is 0 Å². The van der Waals surface area contributed by atoms with Crippen LogP contribution in [-0.4, -0.2) is 39.9 Å². The average Bonchev–Trinajstić information content (AvgIpc) is 2.35. The first-order valence-electron chi connectivity index (χ1n) is 5.48. The van der Waals surface area contributed by atoms with Crippen molar-refractivity contribution >= 4 is 22.4 Å². The molecule has 0 radical (unpaired) electrons. The lowest BCUT2D eigenvalue weighted by Gasteiger charge is -2.17. The second-order valence-corrected chi connectivity index (χ2v) is 6.00. The Labute approximate surface area is 122 Å². The number of rotatable bonds is 5. The lowest BCUT2D eigenvalue weighted by molar-refractivity contribution is -0.137. The smallest absolute Gasteiger partial charge is 0.318 e. The Balaban J connectivity index is 0.00000361. The van der Waals surface area contributed by atoms with E-state index in [1.165, 1.54) is 7.05 Å². The zero-order valence-electron chi connectivity index (χ0n) is 10.9. The maximum absolute atomic E-state index is 12.5. The van der Waals surface area contributed by atoms with Gasteiger partial charge in [0.1, 0.15) is 0 Å². The first-order chi connectivity index (χ1) is 8.69. The third kappa shape index (κ3) is 4.62. The van der Waals surface area contributed by atoms with Crippen molar-refractivity contribution < 1.29 is 21.6 Å². The molecule has 0 saturated heterocycles. The molecule has 0 bridgehead atoms. The van der Waals surface area contributed by atoms with E-state index in [1.54, 1.807) is 7.05 Å². The molecule has 0 aliphatic carbocycles. The van der Waals surface area contributed by atoms with E-state index in [0.29, 0.717) is 12.6 Å². The molecule has 0 atom stereocenters. The second kappa shape index (κ2) is 7.26. The Kier molecular flexibility index (Phi) is 6.96. The largest absolute Gasteiger partial charge is 0.416 e. The predicted molar refractivity (Wildman–Crippen MR) is 72.4 cm³/mol. The van der Waals surface area contributed by atoms with Gasteiger partial charge >= 0.3 is 6.18 Å². The van der Waals surface area contributed by atoms with Crippen LogP contribution in [0.25, 0.3) is 0 Å². The van der Waals surface area contributed by atoms with Crippen LogP contribution in [-0.2, 0) is 16.2 Å². The molecule has 116 valence electrons. The van der Waals surface area contributed by atoms with Gasteiger partial charge in [0.05, 0.1) is 10.5 Å². The van der Waals surface area contributed by atoms with E-state index in [1.807, 2.05) is 0 Å². The summed E-state index contributed by atoms with van der Waals surface area (Å²) in [7, 11) is -0.917. The minimum Gasteiger partial charge on any atom is -0.318 e. The van der Waals surface area contributed by atoms with Crippen LogP contribution < -0.4 is 5.32 Å². The van der Waals surface area contributed by atoms with Crippen molar-refractivity contribution in [3.8, 4) is 0 Å². The summed E-state index contributed by atoms with van der Waals surface area (Å²) in [6, 6.07) is 3.72. The zero-order chi connectivity index (χ0) is 14.7. The van der Waals surface area contributed by atoms with E-state index in [9.17, 15) is 21.6 Å². The number of alkyl halides is 3. The molecule has 1 aromatic carbocycles. The Hall–Kier alpha value is -0.830. The molecule has 4 nitrogen and oxygen atoms in total. The van der Waals surface area contributed by atoms with Gasteiger partial charge in [-0.05, 0) is 25.2 Å². The van der Waals surface area contributed by atoms with Crippen LogP contribution in [0, 0.1) is 0 Å². The fraction of sp³-hybridized carbons (Fsp3) is 0.455. The summed E-state index contributed by atoms with van der Waals surface area (Å²) < 4.78 is 62.7. The molecular weight excluding hydrogens is 317 g/mol. The highest BCUT2D eigenvalue weighted by molar-refractivity contribution is 7.89. The molecule has 0 aromatic heterocycles. The Morgan fingerprint density at radius 1 is 1.30 bits per heavy atom. The zero-order valence-corrected chi connectivity index (χ0v) is 12.6. The first kappa shape index (κ1) is 19.2. The highest BCUT2D eigenvalue weighted by atomic mass is 35.5. The number of hydrogen-bond donors (Lipinski definition) is 1. The van der Waals surface area contributed by atoms with Crippen molar-refractivity contribution in [1.82, 2.24) is 9.62 Å². The summed E-state index contributed by atoms with van der Waals surface area (Å²) in [5, 5.41) is 2.77. The third-order valence-corrected chi connectivity index (χ3v) is 4.40. The molecular formula is C11H16ClF3N2O2S. The highest BCUT2D eigenvalue weighted by Gasteiger charge is 2.32. The van der Waals surface area contributed by atoms with Crippen LogP contribution in [0.4, 0.5) is 13.2 Å². The molecule has 0 heterocycles. The normalized spacial score (nSPS) is 12.3. The van der Waals surface area contributed by atoms with Crippen LogP contribution in [0.15, 0.2) is 29.2 Å². The summed E-state index contributed by atoms with van der Waals surface area (Å²) in [4.78, 5) is -0.360. The van der Waals surface area contributed by atoms with Gasteiger partial charge in [-0.15, -0.1) is 12.4 Å². The van der Waals surface area contributed by atoms with Gasteiger partial charge < -0.3 is 5.32 Å². The maximum Gasteiger partial charge on any atom is 0.416 e. The molecule has 0 fully saturated rings. The number of halogens is 4. The fourth-order valence-corrected chi connectivity index (χ4v) is 2.62. The summed E-state index contributed by atoms with van der Waals surface area (Å²) in [6.07, 6.45) is -4.56. The SMILES string of the molecule is CNCCN(C)S(=O)(=O)c1cccc(C(F)(F)F)c1.Cl. The molecule has 0 aliphatic heterocycles. The molecule has 0 amide bonds. The van der Waals surface area contributed by atoms with Crippen molar-refractivity contribution in [3.63, 3.8) is 0 Å². The van der Waals surface area contributed by atoms with Gasteiger partial charge in [0.25, 0.3) is 0 Å². The molecule has 0 aliphatic rings. The van der Waals surface area contributed by atoms with Gasteiger partial charge in [-0.2, -0.15) is 17.5 Å². The van der Waals surface area contributed by atoms with Gasteiger partial charge in [0, 0.05) is 20.1 Å². The molecule has 1 rings (SSSR count). The highest BCUT2D eigenvalue weighted by Crippen LogP contribution is 2.30. The van der Waals surface area contributed by atoms with Crippen molar-refractivity contribution in [2.75, 3.05) is 27.2 Å². The minimum absolute atomic E-state index is 0. The Morgan fingerprint density at radius 2 is 1.90 bits per heavy atom. The summed E-state index contributed by atoms with van der Waals surface area (Å²) in [5.41, 5.74) is -0.976. The third-order valence-electron chi connectivity index (χ3n) is 2.55. The second-order valence-electron chi connectivity index (χ2n) is 3.96. The lowest BCUT2D eigenvalue weighted by atomic mass is 10.2. The molecule has 1 N–H and O–H groups in total. The summed E-state index contributed by atoms with van der Waals surface area (Å²) in [6.45, 7) is 0.587. The van der Waals surface area contributed by atoms with Crippen molar-refractivity contribution in [3.05, 3.63) is 29.8 Å². The Bertz CT molecular complexity index is 535. The van der Waals surface area contributed by atoms with E-state index < -0.39 is 21.8 Å². The topological polar surface area (TPSA) is 49.4 Å². The molecule has 0 saturated carbocycles. The molecule has 20 heavy (non-hydrogen) atoms. The summed E-state index contributed by atoms with van der Waals surface area (Å²) in [5.74, 6) is 0. The predicted octanol–water partition coefficient (Wildman–Crippen LogP) is 1.97. The van der Waals surface area contributed by atoms with Crippen LogP contribution >= 0.6 is 12.4 Å². The van der Waals surface area contributed by atoms with Gasteiger partial charge in [0.15, 0.2) is 0 Å². The summed E-state index contributed by atoms with van der Waals surface area (Å²) >= 11 is 0. The van der Waals surface area contributed by atoms with Gasteiger partial charge in [-0.1, -0.05) is 6.07 Å². The number of likely N-dealkylation sites (N-methyl/N-ethyl adjacent to an activating group) is 2. The average molecular weight is 333 g/mol. The van der Waals surface area contributed by atoms with E-state index in [-0.39, 0.29) is 23.8 Å². The first-order valence-corrected chi connectivity index (χ1v) is 6.92. The van der Waals surface area contributed by atoms with E-state index in [0.717, 1.165) is 22.5 Å². The minimum atomic E-state index is -4.56. The van der Waals surface area contributed by atoms with Gasteiger partial charge in [0.2, 0.25) is 10.0 Å². The van der Waals surface area contributed by atoms with Crippen LogP contribution in [0.1, 0.15) is 5.56 Å². The number of hydrogen-bond acceptors (Lipinski definition) is 3. The van der Waals surface area contributed by atoms with Crippen LogP contribution in [0.5, 0.6) is 0 Å². The standard InChI is InChI=1S/C11H15F3N2O2S.ClH/c1-15-6-7-16(2)19(17,18)10-5-3-4-9(8-10)11(12,13)14;/h3-5,8,15H,6-7H2,1-2H3;1H. The monoisotopic (exact) mass is 332 g/mol. The fourth-order valence-electron chi connectivity index (χ4n) is 1.40. The van der Waals surface area contributed by atoms with Crippen molar-refractivity contribution in [1.29, 1.82) is 0 Å². The van der Waals surface area contributed by atoms with E-state index in [2.05, 4.69) is 5.32 Å². The van der Waals surface area contributed by atoms with E-state index >= 15 is 0 Å². The maximum atomic E-state index is 12.5. The number of nitrogens with zero attached hydrogens (tertiary/aromatic N) is 1. The molecule has 0 unspecified atom stereocenters. The van der Waals surface area contributed by atoms with Crippen LogP contribution in [0.3, 0.4) is 0 Å². The number of sulfonamides is 1.